The lowest BCUT2D eigenvalue weighted by Gasteiger charge is -2.21. The van der Waals surface area contributed by atoms with E-state index in [1.54, 1.807) is 0 Å². The molecule has 2 saturated carbocycles. The van der Waals surface area contributed by atoms with Crippen molar-refractivity contribution in [1.29, 1.82) is 0 Å². The molecule has 5 nitrogen and oxygen atoms in total. The molecule has 0 aliphatic heterocycles. The Hall–Kier alpha value is -0.810. The molecule has 4 N–H and O–H groups in total. The Morgan fingerprint density at radius 3 is 2.59 bits per heavy atom. The minimum atomic E-state index is 0.463. The van der Waals surface area contributed by atoms with Crippen LogP contribution >= 0.6 is 0 Å². The number of aliphatic imine (C=N–C) groups is 1. The molecule has 17 heavy (non-hydrogen) atoms. The number of nitrogens with two attached hydrogens (primary N) is 1. The molecule has 0 amide bonds. The van der Waals surface area contributed by atoms with Crippen LogP contribution in [0.2, 0.25) is 0 Å². The summed E-state index contributed by atoms with van der Waals surface area (Å²) >= 11 is 0. The Morgan fingerprint density at radius 1 is 1.18 bits per heavy atom. The normalized spacial score (nSPS) is 22.5. The highest BCUT2D eigenvalue weighted by Gasteiger charge is 2.21. The average molecular weight is 240 g/mol. The van der Waals surface area contributed by atoms with Gasteiger partial charge in [0.05, 0.1) is 19.3 Å². The highest BCUT2D eigenvalue weighted by Crippen LogP contribution is 2.20. The van der Waals surface area contributed by atoms with Gasteiger partial charge in [-0.2, -0.15) is 0 Å². The maximum absolute atomic E-state index is 5.79. The summed E-state index contributed by atoms with van der Waals surface area (Å²) in [5.74, 6) is 6.08. The Kier molecular flexibility index (Phi) is 5.07. The molecule has 0 atom stereocenters. The number of hydrogen-bond acceptors (Lipinski definition) is 3. The van der Waals surface area contributed by atoms with Gasteiger partial charge in [0.2, 0.25) is 5.96 Å². The minimum Gasteiger partial charge on any atom is -0.376 e. The fourth-order valence-electron chi connectivity index (χ4n) is 2.16. The lowest BCUT2D eigenvalue weighted by Crippen LogP contribution is -2.42. The summed E-state index contributed by atoms with van der Waals surface area (Å²) in [6.45, 7) is 1.37. The van der Waals surface area contributed by atoms with Crippen molar-refractivity contribution < 1.29 is 4.74 Å². The summed E-state index contributed by atoms with van der Waals surface area (Å²) in [5, 5.41) is 3.24. The van der Waals surface area contributed by atoms with E-state index in [2.05, 4.69) is 15.7 Å². The SMILES string of the molecule is NNC(=NCCOC1CCCCC1)NC1CC1. The van der Waals surface area contributed by atoms with E-state index in [9.17, 15) is 0 Å². The standard InChI is InChI=1S/C12H24N4O/c13-16-12(15-10-6-7-10)14-8-9-17-11-4-2-1-3-5-11/h10-11H,1-9,13H2,(H2,14,15,16). The first-order chi connectivity index (χ1) is 8.38. The number of ether oxygens (including phenoxy) is 1. The third-order valence-corrected chi connectivity index (χ3v) is 3.32. The molecule has 0 saturated heterocycles. The van der Waals surface area contributed by atoms with Crippen LogP contribution in [0, 0.1) is 0 Å². The molecule has 0 aromatic heterocycles. The van der Waals surface area contributed by atoms with E-state index in [1.165, 1.54) is 44.9 Å². The van der Waals surface area contributed by atoms with Crippen LogP contribution < -0.4 is 16.6 Å². The van der Waals surface area contributed by atoms with Crippen molar-refractivity contribution in [3.8, 4) is 0 Å². The van der Waals surface area contributed by atoms with Gasteiger partial charge in [-0.3, -0.25) is 5.43 Å². The quantitative estimate of drug-likeness (QED) is 0.220. The Balaban J connectivity index is 1.57. The topological polar surface area (TPSA) is 71.7 Å². The van der Waals surface area contributed by atoms with Gasteiger partial charge in [0.1, 0.15) is 0 Å². The van der Waals surface area contributed by atoms with Gasteiger partial charge in [0.15, 0.2) is 0 Å². The number of nitrogens with one attached hydrogen (secondary N) is 2. The summed E-state index contributed by atoms with van der Waals surface area (Å²) in [4.78, 5) is 4.35. The maximum atomic E-state index is 5.79. The smallest absolute Gasteiger partial charge is 0.206 e. The van der Waals surface area contributed by atoms with E-state index in [0.29, 0.717) is 31.3 Å². The lowest BCUT2D eigenvalue weighted by molar-refractivity contribution is 0.0334. The van der Waals surface area contributed by atoms with E-state index in [0.717, 1.165) is 0 Å². The van der Waals surface area contributed by atoms with Crippen molar-refractivity contribution in [2.45, 2.75) is 57.1 Å². The van der Waals surface area contributed by atoms with E-state index in [1.807, 2.05) is 0 Å². The summed E-state index contributed by atoms with van der Waals surface area (Å²) in [6.07, 6.45) is 9.32. The fourth-order valence-corrected chi connectivity index (χ4v) is 2.16. The van der Waals surface area contributed by atoms with Gasteiger partial charge in [-0.1, -0.05) is 19.3 Å². The number of nitrogens with zero attached hydrogens (tertiary/aromatic N) is 1. The molecular weight excluding hydrogens is 216 g/mol. The zero-order valence-corrected chi connectivity index (χ0v) is 10.5. The first-order valence-electron chi connectivity index (χ1n) is 6.77. The second-order valence-corrected chi connectivity index (χ2v) is 4.92. The summed E-state index contributed by atoms with van der Waals surface area (Å²) < 4.78 is 5.79. The highest BCUT2D eigenvalue weighted by atomic mass is 16.5. The predicted molar refractivity (Wildman–Crippen MR) is 68.6 cm³/mol. The van der Waals surface area contributed by atoms with Crippen LogP contribution in [0.3, 0.4) is 0 Å². The molecule has 0 aromatic carbocycles. The zero-order chi connectivity index (χ0) is 11.9. The first-order valence-corrected chi connectivity index (χ1v) is 6.77. The first kappa shape index (κ1) is 12.6. The zero-order valence-electron chi connectivity index (χ0n) is 10.5. The van der Waals surface area contributed by atoms with E-state index in [4.69, 9.17) is 10.6 Å². The van der Waals surface area contributed by atoms with Crippen molar-refractivity contribution in [2.24, 2.45) is 10.8 Å². The maximum Gasteiger partial charge on any atom is 0.206 e. The highest BCUT2D eigenvalue weighted by molar-refractivity contribution is 5.79. The van der Waals surface area contributed by atoms with Gasteiger partial charge >= 0.3 is 0 Å². The van der Waals surface area contributed by atoms with Crippen LogP contribution in [0.15, 0.2) is 4.99 Å². The van der Waals surface area contributed by atoms with Gasteiger partial charge in [-0.25, -0.2) is 10.8 Å². The molecule has 0 heterocycles. The van der Waals surface area contributed by atoms with Crippen molar-refractivity contribution in [3.63, 3.8) is 0 Å². The number of hydrazine groups is 1. The lowest BCUT2D eigenvalue weighted by atomic mass is 9.98. The molecule has 5 heteroatoms. The van der Waals surface area contributed by atoms with Gasteiger partial charge in [-0.15, -0.1) is 0 Å². The van der Waals surface area contributed by atoms with Gasteiger partial charge in [0, 0.05) is 6.04 Å². The molecule has 98 valence electrons. The molecule has 2 fully saturated rings. The van der Waals surface area contributed by atoms with Crippen LogP contribution in [-0.2, 0) is 4.74 Å². The molecule has 2 aliphatic rings. The van der Waals surface area contributed by atoms with Crippen LogP contribution in [0.4, 0.5) is 0 Å². The third kappa shape index (κ3) is 4.91. The van der Waals surface area contributed by atoms with Crippen LogP contribution in [0.5, 0.6) is 0 Å². The van der Waals surface area contributed by atoms with Crippen molar-refractivity contribution >= 4 is 5.96 Å². The summed E-state index contributed by atoms with van der Waals surface area (Å²) in [7, 11) is 0. The molecule has 2 aliphatic carbocycles. The second kappa shape index (κ2) is 6.81. The monoisotopic (exact) mass is 240 g/mol. The number of guanidine groups is 1. The largest absolute Gasteiger partial charge is 0.376 e. The van der Waals surface area contributed by atoms with Crippen molar-refractivity contribution in [2.75, 3.05) is 13.2 Å². The van der Waals surface area contributed by atoms with Crippen molar-refractivity contribution in [1.82, 2.24) is 10.7 Å². The predicted octanol–water partition coefficient (Wildman–Crippen LogP) is 0.907. The van der Waals surface area contributed by atoms with Crippen LogP contribution in [0.25, 0.3) is 0 Å². The minimum absolute atomic E-state index is 0.463. The van der Waals surface area contributed by atoms with Crippen LogP contribution in [0.1, 0.15) is 44.9 Å². The second-order valence-electron chi connectivity index (χ2n) is 4.92. The van der Waals surface area contributed by atoms with E-state index >= 15 is 0 Å². The molecule has 0 aromatic rings. The van der Waals surface area contributed by atoms with E-state index in [-0.39, 0.29) is 0 Å². The average Bonchev–Trinajstić information content (AvgIpc) is 3.18. The van der Waals surface area contributed by atoms with Crippen molar-refractivity contribution in [3.05, 3.63) is 0 Å². The third-order valence-electron chi connectivity index (χ3n) is 3.32. The van der Waals surface area contributed by atoms with E-state index < -0.39 is 0 Å². The molecule has 0 bridgehead atoms. The van der Waals surface area contributed by atoms with Crippen LogP contribution in [-0.4, -0.2) is 31.3 Å². The van der Waals surface area contributed by atoms with Gasteiger partial charge in [0.25, 0.3) is 0 Å². The van der Waals surface area contributed by atoms with Gasteiger partial charge in [-0.05, 0) is 25.7 Å². The van der Waals surface area contributed by atoms with Gasteiger partial charge < -0.3 is 10.1 Å². The molecular formula is C12H24N4O. The number of hydrogen-bond donors (Lipinski definition) is 3. The summed E-state index contributed by atoms with van der Waals surface area (Å²) in [6, 6.07) is 0.573. The molecule has 0 spiro atoms. The fraction of sp³-hybridized carbons (Fsp3) is 0.917. The molecule has 0 unspecified atom stereocenters. The molecule has 2 rings (SSSR count). The summed E-state index contributed by atoms with van der Waals surface area (Å²) in [5.41, 5.74) is 2.60. The Bertz CT molecular complexity index is 247. The Labute approximate surface area is 103 Å². The number of rotatable bonds is 5. The molecule has 0 radical (unpaired) electrons. The Morgan fingerprint density at radius 2 is 1.94 bits per heavy atom.